The lowest BCUT2D eigenvalue weighted by Crippen LogP contribution is -2.35. The van der Waals surface area contributed by atoms with Gasteiger partial charge < -0.3 is 4.90 Å². The molecule has 1 fully saturated rings. The molecule has 0 aromatic heterocycles. The van der Waals surface area contributed by atoms with Crippen LogP contribution in [0.3, 0.4) is 0 Å². The van der Waals surface area contributed by atoms with Gasteiger partial charge in [-0.25, -0.2) is 4.39 Å². The zero-order valence-corrected chi connectivity index (χ0v) is 15.9. The van der Waals surface area contributed by atoms with Crippen LogP contribution in [-0.2, 0) is 6.54 Å². The Morgan fingerprint density at radius 3 is 2.39 bits per heavy atom. The predicted molar refractivity (Wildman–Crippen MR) is 101 cm³/mol. The molecule has 1 aliphatic rings. The fourth-order valence-electron chi connectivity index (χ4n) is 3.21. The van der Waals surface area contributed by atoms with Gasteiger partial charge in [0.1, 0.15) is 5.82 Å². The monoisotopic (exact) mass is 412 g/mol. The van der Waals surface area contributed by atoms with Crippen molar-refractivity contribution in [3.63, 3.8) is 0 Å². The molecule has 3 nitrogen and oxygen atoms in total. The van der Waals surface area contributed by atoms with Crippen molar-refractivity contribution in [1.29, 1.82) is 0 Å². The molecule has 0 N–H and O–H groups in total. The van der Waals surface area contributed by atoms with E-state index in [1.54, 1.807) is 23.1 Å². The van der Waals surface area contributed by atoms with Crippen molar-refractivity contribution in [3.05, 3.63) is 65.5 Å². The fourth-order valence-corrected chi connectivity index (χ4v) is 3.87. The normalized spacial score (nSPS) is 16.1. The SMILES string of the molecule is O=C(c1ccccc1SC(F)(F)F)N1CCCN(Cc2ccc(F)cc2)CC1. The fraction of sp³-hybridized carbons (Fsp3) is 0.350. The number of rotatable bonds is 4. The van der Waals surface area contributed by atoms with Gasteiger partial charge in [-0.05, 0) is 48.0 Å². The van der Waals surface area contributed by atoms with Gasteiger partial charge in [-0.1, -0.05) is 24.3 Å². The van der Waals surface area contributed by atoms with Crippen LogP contribution in [0.15, 0.2) is 53.4 Å². The van der Waals surface area contributed by atoms with Gasteiger partial charge in [0.15, 0.2) is 0 Å². The first-order valence-corrected chi connectivity index (χ1v) is 9.74. The molecule has 0 unspecified atom stereocenters. The van der Waals surface area contributed by atoms with E-state index in [-0.39, 0.29) is 33.9 Å². The molecule has 28 heavy (non-hydrogen) atoms. The molecule has 0 radical (unpaired) electrons. The number of hydrogen-bond acceptors (Lipinski definition) is 3. The van der Waals surface area contributed by atoms with E-state index in [9.17, 15) is 22.4 Å². The molecule has 150 valence electrons. The lowest BCUT2D eigenvalue weighted by molar-refractivity contribution is -0.0328. The number of carbonyl (C=O) groups excluding carboxylic acids is 1. The van der Waals surface area contributed by atoms with Gasteiger partial charge >= 0.3 is 5.51 Å². The van der Waals surface area contributed by atoms with Crippen LogP contribution in [0, 0.1) is 5.82 Å². The minimum atomic E-state index is -4.44. The second kappa shape index (κ2) is 8.96. The maximum atomic E-state index is 13.0. The Morgan fingerprint density at radius 2 is 1.68 bits per heavy atom. The summed E-state index contributed by atoms with van der Waals surface area (Å²) < 4.78 is 51.4. The van der Waals surface area contributed by atoms with E-state index in [4.69, 9.17) is 0 Å². The van der Waals surface area contributed by atoms with Crippen LogP contribution in [0.2, 0.25) is 0 Å². The third kappa shape index (κ3) is 5.72. The van der Waals surface area contributed by atoms with Crippen LogP contribution in [0.1, 0.15) is 22.3 Å². The van der Waals surface area contributed by atoms with Gasteiger partial charge in [-0.2, -0.15) is 13.2 Å². The summed E-state index contributed by atoms with van der Waals surface area (Å²) >= 11 is -0.260. The first-order valence-electron chi connectivity index (χ1n) is 8.93. The van der Waals surface area contributed by atoms with Gasteiger partial charge in [0.2, 0.25) is 0 Å². The Kier molecular flexibility index (Phi) is 6.61. The predicted octanol–water partition coefficient (Wildman–Crippen LogP) is 4.79. The van der Waals surface area contributed by atoms with E-state index in [0.717, 1.165) is 18.5 Å². The number of amides is 1. The molecule has 3 rings (SSSR count). The second-order valence-electron chi connectivity index (χ2n) is 6.59. The molecule has 0 aliphatic carbocycles. The highest BCUT2D eigenvalue weighted by atomic mass is 32.2. The minimum Gasteiger partial charge on any atom is -0.337 e. The van der Waals surface area contributed by atoms with Gasteiger partial charge in [-0.3, -0.25) is 9.69 Å². The number of benzene rings is 2. The van der Waals surface area contributed by atoms with Crippen LogP contribution < -0.4 is 0 Å². The van der Waals surface area contributed by atoms with Crippen LogP contribution in [0.4, 0.5) is 17.6 Å². The Labute approximate surface area is 165 Å². The molecule has 2 aromatic rings. The van der Waals surface area contributed by atoms with Gasteiger partial charge in [0.05, 0.1) is 5.56 Å². The van der Waals surface area contributed by atoms with Crippen molar-refractivity contribution in [2.24, 2.45) is 0 Å². The topological polar surface area (TPSA) is 23.6 Å². The van der Waals surface area contributed by atoms with E-state index in [0.29, 0.717) is 26.2 Å². The van der Waals surface area contributed by atoms with Crippen molar-refractivity contribution >= 4 is 17.7 Å². The number of thioether (sulfide) groups is 1. The summed E-state index contributed by atoms with van der Waals surface area (Å²) in [4.78, 5) is 16.5. The molecular weight excluding hydrogens is 392 g/mol. The highest BCUT2D eigenvalue weighted by Crippen LogP contribution is 2.38. The standard InChI is InChI=1S/C20H20F4N2OS/c21-16-8-6-15(7-9-16)14-25-10-3-11-26(13-12-25)19(27)17-4-1-2-5-18(17)28-20(22,23)24/h1-2,4-9H,3,10-14H2. The van der Waals surface area contributed by atoms with E-state index in [2.05, 4.69) is 4.90 Å². The van der Waals surface area contributed by atoms with Crippen molar-refractivity contribution < 1.29 is 22.4 Å². The first kappa shape index (κ1) is 20.7. The van der Waals surface area contributed by atoms with Crippen LogP contribution in [0.25, 0.3) is 0 Å². The highest BCUT2D eigenvalue weighted by Gasteiger charge is 2.32. The quantitative estimate of drug-likeness (QED) is 0.533. The maximum absolute atomic E-state index is 13.0. The summed E-state index contributed by atoms with van der Waals surface area (Å²) in [5.74, 6) is -0.664. The number of hydrogen-bond donors (Lipinski definition) is 0. The van der Waals surface area contributed by atoms with Crippen LogP contribution >= 0.6 is 11.8 Å². The highest BCUT2D eigenvalue weighted by molar-refractivity contribution is 8.00. The van der Waals surface area contributed by atoms with Gasteiger partial charge in [0, 0.05) is 37.6 Å². The summed E-state index contributed by atoms with van der Waals surface area (Å²) in [6.45, 7) is 2.94. The van der Waals surface area contributed by atoms with Gasteiger partial charge in [0.25, 0.3) is 5.91 Å². The summed E-state index contributed by atoms with van der Waals surface area (Å²) in [6.07, 6.45) is 0.724. The third-order valence-electron chi connectivity index (χ3n) is 4.54. The molecular formula is C20H20F4N2OS. The lowest BCUT2D eigenvalue weighted by Gasteiger charge is -2.23. The second-order valence-corrected chi connectivity index (χ2v) is 7.70. The first-order chi connectivity index (χ1) is 13.3. The lowest BCUT2D eigenvalue weighted by atomic mass is 10.2. The van der Waals surface area contributed by atoms with Crippen molar-refractivity contribution in [1.82, 2.24) is 9.80 Å². The van der Waals surface area contributed by atoms with E-state index in [1.807, 2.05) is 0 Å². The van der Waals surface area contributed by atoms with E-state index >= 15 is 0 Å². The number of nitrogens with zero attached hydrogens (tertiary/aromatic N) is 2. The zero-order valence-electron chi connectivity index (χ0n) is 15.1. The van der Waals surface area contributed by atoms with Crippen LogP contribution in [-0.4, -0.2) is 47.4 Å². The molecule has 8 heteroatoms. The Balaban J connectivity index is 1.65. The Hall–Kier alpha value is -2.06. The average Bonchev–Trinajstić information content (AvgIpc) is 2.88. The molecule has 1 saturated heterocycles. The van der Waals surface area contributed by atoms with E-state index in [1.165, 1.54) is 30.3 Å². The third-order valence-corrected chi connectivity index (χ3v) is 5.35. The molecule has 0 bridgehead atoms. The Bertz CT molecular complexity index is 811. The zero-order chi connectivity index (χ0) is 20.1. The smallest absolute Gasteiger partial charge is 0.337 e. The molecule has 2 aromatic carbocycles. The van der Waals surface area contributed by atoms with Gasteiger partial charge in [-0.15, -0.1) is 0 Å². The maximum Gasteiger partial charge on any atom is 0.446 e. The molecule has 1 aliphatic heterocycles. The molecule has 1 heterocycles. The summed E-state index contributed by atoms with van der Waals surface area (Å²) in [6, 6.07) is 12.1. The average molecular weight is 412 g/mol. The largest absolute Gasteiger partial charge is 0.446 e. The molecule has 0 saturated carbocycles. The van der Waals surface area contributed by atoms with E-state index < -0.39 is 5.51 Å². The summed E-state index contributed by atoms with van der Waals surface area (Å²) in [5.41, 5.74) is -3.38. The number of halogens is 4. The minimum absolute atomic E-state index is 0.0765. The summed E-state index contributed by atoms with van der Waals surface area (Å²) in [5, 5.41) is 0. The van der Waals surface area contributed by atoms with Crippen molar-refractivity contribution in [2.75, 3.05) is 26.2 Å². The molecule has 0 spiro atoms. The molecule has 0 atom stereocenters. The van der Waals surface area contributed by atoms with Crippen molar-refractivity contribution in [2.45, 2.75) is 23.4 Å². The van der Waals surface area contributed by atoms with Crippen molar-refractivity contribution in [3.8, 4) is 0 Å². The van der Waals surface area contributed by atoms with Crippen LogP contribution in [0.5, 0.6) is 0 Å². The summed E-state index contributed by atoms with van der Waals surface area (Å²) in [7, 11) is 0. The Morgan fingerprint density at radius 1 is 0.964 bits per heavy atom. The molecule has 1 amide bonds. The number of alkyl halides is 3. The number of carbonyl (C=O) groups is 1.